The largest absolute Gasteiger partial charge is 0.302 e. The van der Waals surface area contributed by atoms with Crippen molar-refractivity contribution >= 4 is 45.0 Å². The number of aryl methyl sites for hydroxylation is 2. The van der Waals surface area contributed by atoms with Gasteiger partial charge < -0.3 is 4.90 Å². The van der Waals surface area contributed by atoms with Gasteiger partial charge in [0.2, 0.25) is 0 Å². The lowest BCUT2D eigenvalue weighted by atomic mass is 10.1. The number of halogens is 1. The van der Waals surface area contributed by atoms with Crippen LogP contribution in [-0.2, 0) is 0 Å². The predicted molar refractivity (Wildman–Crippen MR) is 128 cm³/mol. The minimum absolute atomic E-state index is 0. The molecule has 8 heteroatoms. The van der Waals surface area contributed by atoms with E-state index in [2.05, 4.69) is 49.8 Å². The molecule has 3 aromatic rings. The molecule has 0 saturated heterocycles. The molecule has 0 bridgehead atoms. The van der Waals surface area contributed by atoms with E-state index in [4.69, 9.17) is 4.98 Å². The van der Waals surface area contributed by atoms with Gasteiger partial charge in [-0.1, -0.05) is 31.3 Å². The number of aromatic nitrogens is 3. The van der Waals surface area contributed by atoms with Gasteiger partial charge in [-0.05, 0) is 64.0 Å². The van der Waals surface area contributed by atoms with Crippen LogP contribution in [0.2, 0.25) is 0 Å². The third-order valence-corrected chi connectivity index (χ3v) is 6.51. The number of carbonyl (C=O) groups excluding carboxylic acids is 1. The van der Waals surface area contributed by atoms with Crippen molar-refractivity contribution in [3.05, 3.63) is 41.2 Å². The van der Waals surface area contributed by atoms with E-state index in [0.29, 0.717) is 12.2 Å². The molecule has 0 saturated carbocycles. The number of hydrogen-bond donors (Lipinski definition) is 0. The number of amides is 1. The van der Waals surface area contributed by atoms with Gasteiger partial charge in [-0.25, -0.2) is 4.98 Å². The fraction of sp³-hybridized carbons (Fsp3) is 0.500. The first kappa shape index (κ1) is 24.3. The average Bonchev–Trinajstić information content (AvgIpc) is 3.35. The van der Waals surface area contributed by atoms with Crippen LogP contribution in [0.25, 0.3) is 10.2 Å². The molecular weight excluding hydrogens is 418 g/mol. The highest BCUT2D eigenvalue weighted by Crippen LogP contribution is 2.32. The molecule has 30 heavy (non-hydrogen) atoms. The maximum Gasteiger partial charge on any atom is 0.278 e. The minimum Gasteiger partial charge on any atom is -0.302 e. The maximum atomic E-state index is 13.6. The van der Waals surface area contributed by atoms with Gasteiger partial charge in [0.05, 0.1) is 10.2 Å². The van der Waals surface area contributed by atoms with E-state index < -0.39 is 0 Å². The Bertz CT molecular complexity index is 993. The molecule has 0 radical (unpaired) electrons. The normalized spacial score (nSPS) is 11.3. The SMILES string of the molecule is CCN(CC)CCN(C(=O)c1ccnn1C(C)C)c1nc2c(C)c(C)ccc2s1.Cl. The van der Waals surface area contributed by atoms with Gasteiger partial charge in [0, 0.05) is 25.3 Å². The Morgan fingerprint density at radius 2 is 1.83 bits per heavy atom. The number of rotatable bonds is 8. The van der Waals surface area contributed by atoms with Crippen LogP contribution in [0.5, 0.6) is 0 Å². The molecule has 1 aromatic carbocycles. The van der Waals surface area contributed by atoms with Crippen molar-refractivity contribution in [3.63, 3.8) is 0 Å². The number of thiazole rings is 1. The summed E-state index contributed by atoms with van der Waals surface area (Å²) in [5, 5.41) is 5.10. The molecule has 0 unspecified atom stereocenters. The van der Waals surface area contributed by atoms with Crippen molar-refractivity contribution in [1.29, 1.82) is 0 Å². The van der Waals surface area contributed by atoms with Gasteiger partial charge in [-0.2, -0.15) is 5.10 Å². The van der Waals surface area contributed by atoms with Crippen molar-refractivity contribution < 1.29 is 4.79 Å². The average molecular weight is 450 g/mol. The highest BCUT2D eigenvalue weighted by atomic mass is 35.5. The van der Waals surface area contributed by atoms with Crippen LogP contribution in [0.4, 0.5) is 5.13 Å². The van der Waals surface area contributed by atoms with Crippen LogP contribution < -0.4 is 4.90 Å². The first-order valence-corrected chi connectivity index (χ1v) is 11.1. The Kier molecular flexibility index (Phi) is 8.41. The predicted octanol–water partition coefficient (Wildman–Crippen LogP) is 5.10. The zero-order valence-electron chi connectivity index (χ0n) is 18.7. The Morgan fingerprint density at radius 1 is 1.13 bits per heavy atom. The topological polar surface area (TPSA) is 54.3 Å². The van der Waals surface area contributed by atoms with E-state index in [9.17, 15) is 4.79 Å². The van der Waals surface area contributed by atoms with E-state index in [1.165, 1.54) is 11.1 Å². The second-order valence-corrected chi connectivity index (χ2v) is 8.60. The molecule has 1 amide bonds. The summed E-state index contributed by atoms with van der Waals surface area (Å²) in [6, 6.07) is 6.14. The summed E-state index contributed by atoms with van der Waals surface area (Å²) >= 11 is 1.58. The smallest absolute Gasteiger partial charge is 0.278 e. The molecule has 3 rings (SSSR count). The number of carbonyl (C=O) groups is 1. The van der Waals surface area contributed by atoms with Crippen molar-refractivity contribution in [2.75, 3.05) is 31.1 Å². The van der Waals surface area contributed by atoms with Gasteiger partial charge in [-0.15, -0.1) is 12.4 Å². The molecule has 0 aliphatic heterocycles. The summed E-state index contributed by atoms with van der Waals surface area (Å²) in [5.74, 6) is -0.0446. The standard InChI is InChI=1S/C22H31N5OS.ClH/c1-7-25(8-2)13-14-26(21(28)18-11-12-23-27(18)15(3)4)22-24-20-17(6)16(5)9-10-19(20)29-22;/h9-12,15H,7-8,13-14H2,1-6H3;1H. The lowest BCUT2D eigenvalue weighted by molar-refractivity contribution is 0.0971. The van der Waals surface area contributed by atoms with E-state index in [-0.39, 0.29) is 24.4 Å². The lowest BCUT2D eigenvalue weighted by Crippen LogP contribution is -2.39. The minimum atomic E-state index is -0.0446. The zero-order valence-corrected chi connectivity index (χ0v) is 20.3. The summed E-state index contributed by atoms with van der Waals surface area (Å²) in [6.07, 6.45) is 1.70. The molecule has 0 aliphatic carbocycles. The third-order valence-electron chi connectivity index (χ3n) is 5.46. The molecule has 2 aromatic heterocycles. The van der Waals surface area contributed by atoms with Crippen molar-refractivity contribution in [2.24, 2.45) is 0 Å². The van der Waals surface area contributed by atoms with Crippen LogP contribution in [0, 0.1) is 13.8 Å². The van der Waals surface area contributed by atoms with Crippen LogP contribution in [0.3, 0.4) is 0 Å². The summed E-state index contributed by atoms with van der Waals surface area (Å²) in [4.78, 5) is 22.6. The molecule has 2 heterocycles. The van der Waals surface area contributed by atoms with Crippen molar-refractivity contribution in [3.8, 4) is 0 Å². The number of anilines is 1. The van der Waals surface area contributed by atoms with Crippen LogP contribution in [0.15, 0.2) is 24.4 Å². The molecule has 0 aliphatic rings. The molecule has 164 valence electrons. The Balaban J connectivity index is 0.00000320. The van der Waals surface area contributed by atoms with Gasteiger partial charge >= 0.3 is 0 Å². The van der Waals surface area contributed by atoms with Gasteiger partial charge in [-0.3, -0.25) is 14.4 Å². The molecule has 0 fully saturated rings. The molecule has 0 spiro atoms. The van der Waals surface area contributed by atoms with E-state index in [1.807, 2.05) is 18.7 Å². The highest BCUT2D eigenvalue weighted by Gasteiger charge is 2.25. The number of likely N-dealkylation sites (N-methyl/N-ethyl adjacent to an activating group) is 1. The van der Waals surface area contributed by atoms with Crippen LogP contribution in [-0.4, -0.2) is 51.8 Å². The highest BCUT2D eigenvalue weighted by molar-refractivity contribution is 7.22. The summed E-state index contributed by atoms with van der Waals surface area (Å²) in [6.45, 7) is 15.9. The fourth-order valence-electron chi connectivity index (χ4n) is 3.43. The van der Waals surface area contributed by atoms with E-state index in [1.54, 1.807) is 28.3 Å². The monoisotopic (exact) mass is 449 g/mol. The van der Waals surface area contributed by atoms with Crippen LogP contribution in [0.1, 0.15) is 55.4 Å². The van der Waals surface area contributed by atoms with E-state index >= 15 is 0 Å². The zero-order chi connectivity index (χ0) is 21.1. The molecule has 6 nitrogen and oxygen atoms in total. The quantitative estimate of drug-likeness (QED) is 0.480. The second-order valence-electron chi connectivity index (χ2n) is 7.59. The van der Waals surface area contributed by atoms with Gasteiger partial charge in [0.15, 0.2) is 5.13 Å². The molecular formula is C22H32ClN5OS. The first-order chi connectivity index (χ1) is 13.9. The van der Waals surface area contributed by atoms with Gasteiger partial charge in [0.25, 0.3) is 5.91 Å². The van der Waals surface area contributed by atoms with Gasteiger partial charge in [0.1, 0.15) is 5.69 Å². The Hall–Kier alpha value is -1.96. The molecule has 0 atom stereocenters. The molecule has 0 N–H and O–H groups in total. The Morgan fingerprint density at radius 3 is 2.47 bits per heavy atom. The second kappa shape index (κ2) is 10.4. The summed E-state index contributed by atoms with van der Waals surface area (Å²) < 4.78 is 2.90. The number of fused-ring (bicyclic) bond motifs is 1. The Labute approximate surface area is 189 Å². The van der Waals surface area contributed by atoms with Crippen molar-refractivity contribution in [2.45, 2.75) is 47.6 Å². The van der Waals surface area contributed by atoms with Crippen LogP contribution >= 0.6 is 23.7 Å². The third kappa shape index (κ3) is 4.85. The first-order valence-electron chi connectivity index (χ1n) is 10.3. The number of nitrogens with zero attached hydrogens (tertiary/aromatic N) is 5. The van der Waals surface area contributed by atoms with Crippen molar-refractivity contribution in [1.82, 2.24) is 19.7 Å². The summed E-state index contributed by atoms with van der Waals surface area (Å²) in [7, 11) is 0. The maximum absolute atomic E-state index is 13.6. The summed E-state index contributed by atoms with van der Waals surface area (Å²) in [5.41, 5.74) is 3.98. The fourth-order valence-corrected chi connectivity index (χ4v) is 4.48. The number of benzene rings is 1. The number of hydrogen-bond acceptors (Lipinski definition) is 5. The lowest BCUT2D eigenvalue weighted by Gasteiger charge is -2.25. The van der Waals surface area contributed by atoms with E-state index in [0.717, 1.165) is 35.0 Å².